The number of aryl methyl sites for hydroxylation is 1. The number of piperidine rings is 1. The fourth-order valence-electron chi connectivity index (χ4n) is 4.71. The second-order valence-electron chi connectivity index (χ2n) is 8.67. The number of rotatable bonds is 4. The lowest BCUT2D eigenvalue weighted by Gasteiger charge is -2.32. The van der Waals surface area contributed by atoms with Crippen molar-refractivity contribution >= 4 is 32.5 Å². The van der Waals surface area contributed by atoms with Crippen LogP contribution in [0, 0.1) is 0 Å². The van der Waals surface area contributed by atoms with Gasteiger partial charge in [-0.1, -0.05) is 18.2 Å². The van der Waals surface area contributed by atoms with Crippen molar-refractivity contribution in [2.75, 3.05) is 19.6 Å². The summed E-state index contributed by atoms with van der Waals surface area (Å²) in [6, 6.07) is 8.50. The minimum absolute atomic E-state index is 0.288. The largest absolute Gasteiger partial charge is 0.394 e. The molecule has 0 unspecified atom stereocenters. The molecule has 0 aliphatic carbocycles. The Morgan fingerprint density at radius 3 is 2.40 bits per heavy atom. The van der Waals surface area contributed by atoms with Gasteiger partial charge >= 0.3 is 16.1 Å². The summed E-state index contributed by atoms with van der Waals surface area (Å²) >= 11 is 0. The Kier molecular flexibility index (Phi) is 6.94. The Morgan fingerprint density at radius 1 is 1.06 bits per heavy atom. The first-order chi connectivity index (χ1) is 16.5. The molecular formula is C22H28N6O6S. The molecule has 3 N–H and O–H groups in total. The van der Waals surface area contributed by atoms with E-state index in [0.29, 0.717) is 23.6 Å². The van der Waals surface area contributed by atoms with E-state index in [1.165, 1.54) is 28.1 Å². The third-order valence-corrected chi connectivity index (χ3v) is 6.52. The van der Waals surface area contributed by atoms with Crippen LogP contribution in [0.2, 0.25) is 0 Å². The van der Waals surface area contributed by atoms with Crippen LogP contribution in [0.1, 0.15) is 24.3 Å². The van der Waals surface area contributed by atoms with E-state index in [9.17, 15) is 9.59 Å². The summed E-state index contributed by atoms with van der Waals surface area (Å²) in [6.07, 6.45) is 6.10. The van der Waals surface area contributed by atoms with Gasteiger partial charge in [0.25, 0.3) is 5.56 Å². The molecule has 188 valence electrons. The van der Waals surface area contributed by atoms with Gasteiger partial charge in [0, 0.05) is 44.3 Å². The summed E-state index contributed by atoms with van der Waals surface area (Å²) in [7, 11) is -1.51. The van der Waals surface area contributed by atoms with Crippen LogP contribution in [0.15, 0.2) is 46.4 Å². The maximum absolute atomic E-state index is 12.6. The van der Waals surface area contributed by atoms with Crippen LogP contribution in [-0.4, -0.2) is 65.7 Å². The Balaban J connectivity index is 0.000000527. The third-order valence-electron chi connectivity index (χ3n) is 6.52. The Bertz CT molecular complexity index is 1570. The van der Waals surface area contributed by atoms with Crippen LogP contribution in [0.25, 0.3) is 22.1 Å². The molecule has 4 aromatic rings. The number of aromatic nitrogens is 5. The van der Waals surface area contributed by atoms with Crippen LogP contribution in [-0.2, 0) is 31.0 Å². The van der Waals surface area contributed by atoms with Gasteiger partial charge in [-0.2, -0.15) is 8.42 Å². The number of fused-ring (bicyclic) bond motifs is 2. The molecule has 3 aromatic heterocycles. The number of aromatic amines is 1. The molecule has 12 nitrogen and oxygen atoms in total. The first-order valence-electron chi connectivity index (χ1n) is 11.1. The number of hydrogen-bond donors (Lipinski definition) is 3. The first-order valence-corrected chi connectivity index (χ1v) is 12.5. The monoisotopic (exact) mass is 504 g/mol. The topological polar surface area (TPSA) is 155 Å². The van der Waals surface area contributed by atoms with Crippen molar-refractivity contribution in [3.8, 4) is 0 Å². The van der Waals surface area contributed by atoms with Gasteiger partial charge in [-0.3, -0.25) is 23.0 Å². The van der Waals surface area contributed by atoms with E-state index in [-0.39, 0.29) is 11.2 Å². The number of hydrogen-bond acceptors (Lipinski definition) is 6. The van der Waals surface area contributed by atoms with E-state index in [2.05, 4.69) is 45.3 Å². The van der Waals surface area contributed by atoms with Crippen LogP contribution in [0.5, 0.6) is 0 Å². The quantitative estimate of drug-likeness (QED) is 0.350. The van der Waals surface area contributed by atoms with E-state index in [1.54, 1.807) is 13.4 Å². The van der Waals surface area contributed by atoms with Gasteiger partial charge in [0.2, 0.25) is 0 Å². The summed E-state index contributed by atoms with van der Waals surface area (Å²) in [4.78, 5) is 34.8. The van der Waals surface area contributed by atoms with Crippen LogP contribution in [0.3, 0.4) is 0 Å². The van der Waals surface area contributed by atoms with Gasteiger partial charge in [0.1, 0.15) is 0 Å². The van der Waals surface area contributed by atoms with Crippen LogP contribution >= 0.6 is 0 Å². The number of H-pyrrole nitrogens is 1. The fourth-order valence-corrected chi connectivity index (χ4v) is 4.71. The van der Waals surface area contributed by atoms with Crippen molar-refractivity contribution in [3.05, 3.63) is 63.2 Å². The number of likely N-dealkylation sites (tertiary alicyclic amines) is 1. The summed E-state index contributed by atoms with van der Waals surface area (Å²) in [5, 5.41) is 1.34. The van der Waals surface area contributed by atoms with Crippen molar-refractivity contribution in [2.45, 2.75) is 25.3 Å². The standard InChI is InChI=1S/C22H26N6O2.H2O4S/c1-25-20-19(21(29)26(2)22(25)30)28(14-24-20)12-11-27-9-7-15(8-10-27)17-13-23-18-6-4-3-5-16(17)18;1-5(2,3)4/h3-6,13-15,23H,7-12H2,1-2H3;(H2,1,2,3,4). The predicted octanol–water partition coefficient (Wildman–Crippen LogP) is 1.14. The highest BCUT2D eigenvalue weighted by atomic mass is 32.3. The van der Waals surface area contributed by atoms with Gasteiger partial charge in [0.15, 0.2) is 11.2 Å². The molecule has 1 saturated heterocycles. The number of imidazole rings is 1. The number of nitrogens with zero attached hydrogens (tertiary/aromatic N) is 5. The van der Waals surface area contributed by atoms with Crippen LogP contribution in [0.4, 0.5) is 0 Å². The molecule has 5 rings (SSSR count). The molecular weight excluding hydrogens is 476 g/mol. The van der Waals surface area contributed by atoms with Gasteiger partial charge < -0.3 is 14.5 Å². The molecule has 0 saturated carbocycles. The second kappa shape index (κ2) is 9.77. The average Bonchev–Trinajstić information content (AvgIpc) is 3.44. The zero-order chi connectivity index (χ0) is 25.3. The maximum Gasteiger partial charge on any atom is 0.394 e. The summed E-state index contributed by atoms with van der Waals surface area (Å²) < 4.78 is 36.0. The van der Waals surface area contributed by atoms with Crippen molar-refractivity contribution in [1.82, 2.24) is 28.6 Å². The maximum atomic E-state index is 12.6. The number of nitrogens with one attached hydrogen (secondary N) is 1. The highest BCUT2D eigenvalue weighted by Gasteiger charge is 2.23. The molecule has 1 aliphatic heterocycles. The number of benzene rings is 1. The summed E-state index contributed by atoms with van der Waals surface area (Å²) in [5.74, 6) is 0.577. The van der Waals surface area contributed by atoms with Gasteiger partial charge in [-0.15, -0.1) is 0 Å². The average molecular weight is 505 g/mol. The highest BCUT2D eigenvalue weighted by molar-refractivity contribution is 7.79. The highest BCUT2D eigenvalue weighted by Crippen LogP contribution is 2.33. The van der Waals surface area contributed by atoms with Crippen LogP contribution < -0.4 is 11.2 Å². The Hall–Kier alpha value is -3.26. The zero-order valence-electron chi connectivity index (χ0n) is 19.5. The van der Waals surface area contributed by atoms with Gasteiger partial charge in [-0.05, 0) is 43.5 Å². The molecule has 35 heavy (non-hydrogen) atoms. The molecule has 0 atom stereocenters. The van der Waals surface area contributed by atoms with E-state index in [1.807, 2.05) is 4.57 Å². The molecule has 1 aromatic carbocycles. The Labute approximate surface area is 201 Å². The van der Waals surface area contributed by atoms with Gasteiger partial charge in [0.05, 0.1) is 6.33 Å². The predicted molar refractivity (Wildman–Crippen MR) is 131 cm³/mol. The molecule has 0 spiro atoms. The minimum Gasteiger partial charge on any atom is -0.361 e. The van der Waals surface area contributed by atoms with Crippen molar-refractivity contribution in [3.63, 3.8) is 0 Å². The Morgan fingerprint density at radius 2 is 1.71 bits per heavy atom. The molecule has 0 amide bonds. The second-order valence-corrected chi connectivity index (χ2v) is 9.56. The lowest BCUT2D eigenvalue weighted by molar-refractivity contribution is 0.206. The van der Waals surface area contributed by atoms with Crippen molar-refractivity contribution < 1.29 is 17.5 Å². The molecule has 1 aliphatic rings. The van der Waals surface area contributed by atoms with Gasteiger partial charge in [-0.25, -0.2) is 9.78 Å². The zero-order valence-corrected chi connectivity index (χ0v) is 20.3. The van der Waals surface area contributed by atoms with E-state index < -0.39 is 10.4 Å². The molecule has 0 bridgehead atoms. The van der Waals surface area contributed by atoms with Crippen molar-refractivity contribution in [1.29, 1.82) is 0 Å². The molecule has 4 heterocycles. The van der Waals surface area contributed by atoms with E-state index in [0.717, 1.165) is 37.0 Å². The third kappa shape index (κ3) is 5.37. The van der Waals surface area contributed by atoms with Crippen molar-refractivity contribution in [2.24, 2.45) is 14.1 Å². The fraction of sp³-hybridized carbons (Fsp3) is 0.409. The van der Waals surface area contributed by atoms with E-state index >= 15 is 0 Å². The smallest absolute Gasteiger partial charge is 0.361 e. The lowest BCUT2D eigenvalue weighted by Crippen LogP contribution is -2.38. The minimum atomic E-state index is -4.67. The van der Waals surface area contributed by atoms with E-state index in [4.69, 9.17) is 17.5 Å². The summed E-state index contributed by atoms with van der Waals surface area (Å²) in [6.45, 7) is 3.61. The SMILES string of the molecule is Cn1c(=O)c2c(ncn2CCN2CCC(c3c[nH]c4ccccc34)CC2)n(C)c1=O.O=S(=O)(O)O. The first kappa shape index (κ1) is 24.9. The lowest BCUT2D eigenvalue weighted by atomic mass is 9.89. The molecule has 1 fully saturated rings. The molecule has 13 heteroatoms. The molecule has 0 radical (unpaired) electrons. The number of para-hydroxylation sites is 1. The summed E-state index contributed by atoms with van der Waals surface area (Å²) in [5.41, 5.74) is 2.93. The normalized spacial score (nSPS) is 15.4.